The predicted octanol–water partition coefficient (Wildman–Crippen LogP) is 4.00. The molecule has 40 heavy (non-hydrogen) atoms. The van der Waals surface area contributed by atoms with Gasteiger partial charge in [-0.1, -0.05) is 30.8 Å². The van der Waals surface area contributed by atoms with E-state index in [4.69, 9.17) is 0 Å². The second kappa shape index (κ2) is 12.3. The average molecular weight is 543 g/mol. The van der Waals surface area contributed by atoms with Gasteiger partial charge < -0.3 is 25.2 Å². The Kier molecular flexibility index (Phi) is 8.90. The van der Waals surface area contributed by atoms with Gasteiger partial charge in [0.2, 0.25) is 5.91 Å². The highest BCUT2D eigenvalue weighted by atomic mass is 16.3. The van der Waals surface area contributed by atoms with Crippen molar-refractivity contribution in [1.29, 1.82) is 0 Å². The van der Waals surface area contributed by atoms with E-state index in [0.29, 0.717) is 30.8 Å². The fraction of sp³-hybridized carbons (Fsp3) is 0.344. The molecule has 2 amide bonds. The summed E-state index contributed by atoms with van der Waals surface area (Å²) >= 11 is 0. The monoisotopic (exact) mass is 542 g/mol. The number of amides is 2. The number of benzene rings is 2. The van der Waals surface area contributed by atoms with Gasteiger partial charge in [0.05, 0.1) is 6.61 Å². The zero-order valence-corrected chi connectivity index (χ0v) is 23.7. The number of aryl methyl sites for hydroxylation is 2. The Balaban J connectivity index is 1.73. The second-order valence-electron chi connectivity index (χ2n) is 10.4. The minimum atomic E-state index is -0.266. The SMILES string of the molecule is C=CC(=O)N1CCC(N(CC)c2cc(-c3ccc(CO)cc3)cc(C(=O)NCc3c(C)cc(C)[nH]c3=O)c2C)C1. The number of carbonyl (C=O) groups is 2. The van der Waals surface area contributed by atoms with Gasteiger partial charge >= 0.3 is 0 Å². The molecule has 4 rings (SSSR count). The Bertz CT molecular complexity index is 1480. The maximum absolute atomic E-state index is 13.6. The van der Waals surface area contributed by atoms with Gasteiger partial charge in [-0.25, -0.2) is 0 Å². The van der Waals surface area contributed by atoms with Crippen LogP contribution < -0.4 is 15.8 Å². The van der Waals surface area contributed by atoms with E-state index in [1.807, 2.05) is 62.1 Å². The number of pyridine rings is 1. The number of likely N-dealkylation sites (tertiary alicyclic amines) is 1. The summed E-state index contributed by atoms with van der Waals surface area (Å²) in [5.41, 5.74) is 6.81. The van der Waals surface area contributed by atoms with E-state index in [9.17, 15) is 19.5 Å². The number of aliphatic hydroxyl groups excluding tert-OH is 1. The molecule has 1 saturated heterocycles. The van der Waals surface area contributed by atoms with Crippen LogP contribution in [-0.2, 0) is 17.9 Å². The molecule has 0 saturated carbocycles. The van der Waals surface area contributed by atoms with Gasteiger partial charge in [0.1, 0.15) is 0 Å². The van der Waals surface area contributed by atoms with Crippen molar-refractivity contribution in [3.05, 3.63) is 99.0 Å². The minimum Gasteiger partial charge on any atom is -0.392 e. The third-order valence-corrected chi connectivity index (χ3v) is 7.75. The maximum Gasteiger partial charge on any atom is 0.253 e. The molecule has 210 valence electrons. The Morgan fingerprint density at radius 3 is 2.50 bits per heavy atom. The molecule has 2 aromatic carbocycles. The Labute approximate surface area is 235 Å². The van der Waals surface area contributed by atoms with Crippen LogP contribution in [0.5, 0.6) is 0 Å². The number of aliphatic hydroxyl groups is 1. The summed E-state index contributed by atoms with van der Waals surface area (Å²) in [5, 5.41) is 12.5. The van der Waals surface area contributed by atoms with Crippen molar-refractivity contribution in [1.82, 2.24) is 15.2 Å². The minimum absolute atomic E-state index is 0.0458. The first-order valence-corrected chi connectivity index (χ1v) is 13.7. The molecule has 1 unspecified atom stereocenters. The van der Waals surface area contributed by atoms with Crippen LogP contribution in [0, 0.1) is 20.8 Å². The first-order chi connectivity index (χ1) is 19.2. The van der Waals surface area contributed by atoms with Crippen molar-refractivity contribution in [2.75, 3.05) is 24.5 Å². The number of aromatic amines is 1. The number of carbonyl (C=O) groups excluding carboxylic acids is 2. The summed E-state index contributed by atoms with van der Waals surface area (Å²) in [5.74, 6) is -0.340. The third kappa shape index (κ3) is 6.02. The van der Waals surface area contributed by atoms with E-state index in [-0.39, 0.29) is 36.6 Å². The van der Waals surface area contributed by atoms with Crippen LogP contribution in [0.15, 0.2) is 59.9 Å². The number of anilines is 1. The number of nitrogens with one attached hydrogen (secondary N) is 2. The van der Waals surface area contributed by atoms with Gasteiger partial charge in [-0.05, 0) is 86.2 Å². The van der Waals surface area contributed by atoms with Gasteiger partial charge in [-0.3, -0.25) is 14.4 Å². The molecule has 1 aliphatic heterocycles. The smallest absolute Gasteiger partial charge is 0.253 e. The summed E-state index contributed by atoms with van der Waals surface area (Å²) in [6.07, 6.45) is 2.17. The topological polar surface area (TPSA) is 106 Å². The number of aromatic nitrogens is 1. The Hall–Kier alpha value is -4.17. The van der Waals surface area contributed by atoms with Crippen LogP contribution in [0.1, 0.15) is 51.7 Å². The molecule has 0 aliphatic carbocycles. The number of nitrogens with zero attached hydrogens (tertiary/aromatic N) is 2. The van der Waals surface area contributed by atoms with E-state index in [0.717, 1.165) is 45.6 Å². The fourth-order valence-corrected chi connectivity index (χ4v) is 5.52. The first-order valence-electron chi connectivity index (χ1n) is 13.7. The van der Waals surface area contributed by atoms with E-state index in [1.54, 1.807) is 0 Å². The molecule has 1 aromatic heterocycles. The molecule has 3 N–H and O–H groups in total. The molecule has 0 bridgehead atoms. The lowest BCUT2D eigenvalue weighted by Gasteiger charge is -2.32. The highest BCUT2D eigenvalue weighted by Crippen LogP contribution is 2.34. The molecular weight excluding hydrogens is 504 g/mol. The summed E-state index contributed by atoms with van der Waals surface area (Å²) in [6.45, 7) is 13.4. The number of likely N-dealkylation sites (N-methyl/N-ethyl adjacent to an activating group) is 1. The Morgan fingerprint density at radius 2 is 1.88 bits per heavy atom. The van der Waals surface area contributed by atoms with Crippen LogP contribution in [0.2, 0.25) is 0 Å². The number of hydrogen-bond acceptors (Lipinski definition) is 5. The highest BCUT2D eigenvalue weighted by Gasteiger charge is 2.30. The normalized spacial score (nSPS) is 14.7. The van der Waals surface area contributed by atoms with Crippen molar-refractivity contribution < 1.29 is 14.7 Å². The lowest BCUT2D eigenvalue weighted by Crippen LogP contribution is -2.39. The summed E-state index contributed by atoms with van der Waals surface area (Å²) in [6, 6.07) is 13.6. The van der Waals surface area contributed by atoms with Crippen LogP contribution in [0.25, 0.3) is 11.1 Å². The predicted molar refractivity (Wildman–Crippen MR) is 158 cm³/mol. The van der Waals surface area contributed by atoms with E-state index < -0.39 is 0 Å². The van der Waals surface area contributed by atoms with Crippen molar-refractivity contribution in [2.45, 2.75) is 53.3 Å². The van der Waals surface area contributed by atoms with Crippen LogP contribution in [-0.4, -0.2) is 52.5 Å². The van der Waals surface area contributed by atoms with E-state index >= 15 is 0 Å². The summed E-state index contributed by atoms with van der Waals surface area (Å²) < 4.78 is 0. The van der Waals surface area contributed by atoms with Crippen LogP contribution in [0.4, 0.5) is 5.69 Å². The molecule has 1 aliphatic rings. The molecule has 8 nitrogen and oxygen atoms in total. The van der Waals surface area contributed by atoms with E-state index in [1.165, 1.54) is 6.08 Å². The molecule has 1 fully saturated rings. The molecule has 8 heteroatoms. The Morgan fingerprint density at radius 1 is 1.15 bits per heavy atom. The molecule has 1 atom stereocenters. The lowest BCUT2D eigenvalue weighted by molar-refractivity contribution is -0.125. The van der Waals surface area contributed by atoms with Crippen LogP contribution in [0.3, 0.4) is 0 Å². The highest BCUT2D eigenvalue weighted by molar-refractivity contribution is 5.99. The molecule has 0 spiro atoms. The lowest BCUT2D eigenvalue weighted by atomic mass is 9.95. The zero-order valence-electron chi connectivity index (χ0n) is 23.7. The van der Waals surface area contributed by atoms with Crippen molar-refractivity contribution in [3.63, 3.8) is 0 Å². The molecule has 3 aromatic rings. The number of hydrogen-bond donors (Lipinski definition) is 3. The van der Waals surface area contributed by atoms with Gasteiger partial charge in [-0.15, -0.1) is 0 Å². The van der Waals surface area contributed by atoms with Gasteiger partial charge in [0.25, 0.3) is 11.5 Å². The fourth-order valence-electron chi connectivity index (χ4n) is 5.52. The van der Waals surface area contributed by atoms with Crippen molar-refractivity contribution >= 4 is 17.5 Å². The molecule has 0 radical (unpaired) electrons. The largest absolute Gasteiger partial charge is 0.392 e. The zero-order chi connectivity index (χ0) is 29.0. The molecular formula is C32H38N4O4. The maximum atomic E-state index is 13.6. The second-order valence-corrected chi connectivity index (χ2v) is 10.4. The van der Waals surface area contributed by atoms with Gasteiger partial charge in [0, 0.05) is 54.7 Å². The standard InChI is InChI=1S/C32H38N4O4/c1-6-30(38)35-13-12-26(18-35)36(7-2)29-16-25(24-10-8-23(19-37)9-11-24)15-27(22(29)5)31(39)33-17-28-20(3)14-21(4)34-32(28)40/h6,8-11,14-16,26,37H,1,7,12-13,17-19H2,2-5H3,(H,33,39)(H,34,40). The molecule has 2 heterocycles. The quantitative estimate of drug-likeness (QED) is 0.355. The van der Waals surface area contributed by atoms with E-state index in [2.05, 4.69) is 34.8 Å². The van der Waals surface area contributed by atoms with Gasteiger partial charge in [0.15, 0.2) is 0 Å². The van der Waals surface area contributed by atoms with Crippen molar-refractivity contribution in [3.8, 4) is 11.1 Å². The average Bonchev–Trinajstić information content (AvgIpc) is 3.43. The first kappa shape index (κ1) is 28.8. The summed E-state index contributed by atoms with van der Waals surface area (Å²) in [4.78, 5) is 45.3. The summed E-state index contributed by atoms with van der Waals surface area (Å²) in [7, 11) is 0. The number of H-pyrrole nitrogens is 1. The van der Waals surface area contributed by atoms with Crippen LogP contribution >= 0.6 is 0 Å². The third-order valence-electron chi connectivity index (χ3n) is 7.75. The van der Waals surface area contributed by atoms with Gasteiger partial charge in [-0.2, -0.15) is 0 Å². The number of rotatable bonds is 9. The van der Waals surface area contributed by atoms with Crippen molar-refractivity contribution in [2.24, 2.45) is 0 Å².